The van der Waals surface area contributed by atoms with Crippen LogP contribution in [0.4, 0.5) is 0 Å². The van der Waals surface area contributed by atoms with Gasteiger partial charge in [0.25, 0.3) is 5.91 Å². The third-order valence-electron chi connectivity index (χ3n) is 4.32. The van der Waals surface area contributed by atoms with Crippen LogP contribution in [0.25, 0.3) is 11.1 Å². The number of phenols is 1. The second kappa shape index (κ2) is 10.1. The van der Waals surface area contributed by atoms with E-state index in [0.29, 0.717) is 23.7 Å². The van der Waals surface area contributed by atoms with Gasteiger partial charge in [0.2, 0.25) is 0 Å². The number of carbonyl (C=O) groups excluding carboxylic acids is 1. The number of ether oxygens (including phenoxy) is 2. The predicted octanol–water partition coefficient (Wildman–Crippen LogP) is 4.38. The van der Waals surface area contributed by atoms with Gasteiger partial charge in [0.15, 0.2) is 17.6 Å². The molecule has 0 radical (unpaired) electrons. The van der Waals surface area contributed by atoms with Crippen molar-refractivity contribution >= 4 is 12.1 Å². The van der Waals surface area contributed by atoms with Crippen molar-refractivity contribution in [3.05, 3.63) is 78.4 Å². The molecular weight excluding hydrogens is 380 g/mol. The summed E-state index contributed by atoms with van der Waals surface area (Å²) in [5.74, 6) is 0.644. The Morgan fingerprint density at radius 2 is 1.77 bits per heavy atom. The molecule has 3 aromatic rings. The molecule has 0 aliphatic carbocycles. The molecular formula is C24H24N2O4. The molecule has 0 aliphatic rings. The third-order valence-corrected chi connectivity index (χ3v) is 4.32. The van der Waals surface area contributed by atoms with Crippen molar-refractivity contribution in [1.29, 1.82) is 0 Å². The zero-order valence-corrected chi connectivity index (χ0v) is 16.9. The highest BCUT2D eigenvalue weighted by atomic mass is 16.5. The van der Waals surface area contributed by atoms with E-state index < -0.39 is 6.10 Å². The predicted molar refractivity (Wildman–Crippen MR) is 117 cm³/mol. The molecule has 0 spiro atoms. The first-order chi connectivity index (χ1) is 14.6. The summed E-state index contributed by atoms with van der Waals surface area (Å²) in [5.41, 5.74) is 5.33. The van der Waals surface area contributed by atoms with Gasteiger partial charge in [0.05, 0.1) is 12.8 Å². The molecule has 1 amide bonds. The van der Waals surface area contributed by atoms with Crippen LogP contribution in [-0.4, -0.2) is 29.9 Å². The molecule has 0 aromatic heterocycles. The lowest BCUT2D eigenvalue weighted by atomic mass is 10.1. The number of carbonyl (C=O) groups is 1. The van der Waals surface area contributed by atoms with Crippen molar-refractivity contribution in [2.75, 3.05) is 6.61 Å². The second-order valence-corrected chi connectivity index (χ2v) is 6.54. The van der Waals surface area contributed by atoms with Gasteiger partial charge in [0, 0.05) is 0 Å². The maximum Gasteiger partial charge on any atom is 0.280 e. The number of hydrogen-bond donors (Lipinski definition) is 2. The van der Waals surface area contributed by atoms with Crippen LogP contribution in [0, 0.1) is 0 Å². The summed E-state index contributed by atoms with van der Waals surface area (Å²) in [6.45, 7) is 3.92. The molecule has 3 aromatic carbocycles. The molecule has 0 saturated carbocycles. The van der Waals surface area contributed by atoms with Crippen LogP contribution in [0.2, 0.25) is 0 Å². The Balaban J connectivity index is 1.54. The molecule has 154 valence electrons. The minimum absolute atomic E-state index is 0.0540. The molecule has 6 nitrogen and oxygen atoms in total. The third kappa shape index (κ3) is 5.61. The Hall–Kier alpha value is -3.80. The molecule has 1 atom stereocenters. The Bertz CT molecular complexity index is 1000. The summed E-state index contributed by atoms with van der Waals surface area (Å²) in [4.78, 5) is 12.2. The van der Waals surface area contributed by atoms with Crippen molar-refractivity contribution in [3.63, 3.8) is 0 Å². The number of nitrogens with zero attached hydrogens (tertiary/aromatic N) is 1. The molecule has 0 fully saturated rings. The van der Waals surface area contributed by atoms with Gasteiger partial charge in [-0.3, -0.25) is 4.79 Å². The summed E-state index contributed by atoms with van der Waals surface area (Å²) >= 11 is 0. The van der Waals surface area contributed by atoms with Crippen molar-refractivity contribution in [3.8, 4) is 28.4 Å². The Labute approximate surface area is 175 Å². The van der Waals surface area contributed by atoms with Crippen LogP contribution >= 0.6 is 0 Å². The van der Waals surface area contributed by atoms with Crippen LogP contribution < -0.4 is 14.9 Å². The number of aromatic hydroxyl groups is 1. The Kier molecular flexibility index (Phi) is 7.05. The zero-order chi connectivity index (χ0) is 21.3. The first kappa shape index (κ1) is 20.9. The summed E-state index contributed by atoms with van der Waals surface area (Å²) in [5, 5.41) is 13.7. The average Bonchev–Trinajstić information content (AvgIpc) is 2.77. The number of hydrogen-bond acceptors (Lipinski definition) is 5. The van der Waals surface area contributed by atoms with E-state index in [1.54, 1.807) is 19.1 Å². The highest BCUT2D eigenvalue weighted by molar-refractivity contribution is 5.85. The SMILES string of the molecule is CCOc1cc(/C=N\NC(=O)[C@H](C)Oc2ccc(-c3ccccc3)cc2)ccc1O. The van der Waals surface area contributed by atoms with Gasteiger partial charge in [-0.15, -0.1) is 0 Å². The topological polar surface area (TPSA) is 80.2 Å². The van der Waals surface area contributed by atoms with Crippen LogP contribution in [-0.2, 0) is 4.79 Å². The lowest BCUT2D eigenvalue weighted by Gasteiger charge is -2.13. The fraction of sp³-hybridized carbons (Fsp3) is 0.167. The van der Waals surface area contributed by atoms with Gasteiger partial charge in [-0.25, -0.2) is 5.43 Å². The lowest BCUT2D eigenvalue weighted by molar-refractivity contribution is -0.127. The number of amides is 1. The monoisotopic (exact) mass is 404 g/mol. The van der Waals surface area contributed by atoms with Gasteiger partial charge in [-0.05, 0) is 60.9 Å². The number of hydrazone groups is 1. The molecule has 0 saturated heterocycles. The van der Waals surface area contributed by atoms with E-state index in [9.17, 15) is 9.90 Å². The summed E-state index contributed by atoms with van der Waals surface area (Å²) in [6.07, 6.45) is 0.754. The van der Waals surface area contributed by atoms with Crippen LogP contribution in [0.1, 0.15) is 19.4 Å². The van der Waals surface area contributed by atoms with Gasteiger partial charge in [-0.2, -0.15) is 5.10 Å². The number of rotatable bonds is 8. The first-order valence-electron chi connectivity index (χ1n) is 9.67. The summed E-state index contributed by atoms with van der Waals surface area (Å²) < 4.78 is 11.0. The average molecular weight is 404 g/mol. The molecule has 0 aliphatic heterocycles. The maximum absolute atomic E-state index is 12.2. The van der Waals surface area contributed by atoms with E-state index in [1.165, 1.54) is 12.3 Å². The van der Waals surface area contributed by atoms with E-state index in [2.05, 4.69) is 10.5 Å². The van der Waals surface area contributed by atoms with E-state index in [4.69, 9.17) is 9.47 Å². The van der Waals surface area contributed by atoms with Crippen molar-refractivity contribution in [1.82, 2.24) is 5.43 Å². The van der Waals surface area contributed by atoms with Gasteiger partial charge < -0.3 is 14.6 Å². The van der Waals surface area contributed by atoms with Gasteiger partial charge >= 0.3 is 0 Å². The summed E-state index contributed by atoms with van der Waals surface area (Å²) in [6, 6.07) is 22.4. The zero-order valence-electron chi connectivity index (χ0n) is 16.9. The normalized spacial score (nSPS) is 11.8. The lowest BCUT2D eigenvalue weighted by Crippen LogP contribution is -2.33. The van der Waals surface area contributed by atoms with Crippen LogP contribution in [0.5, 0.6) is 17.2 Å². The standard InChI is InChI=1S/C24H24N2O4/c1-3-29-23-15-18(9-14-22(23)27)16-25-26-24(28)17(2)30-21-12-10-20(11-13-21)19-7-5-4-6-8-19/h4-17,27H,3H2,1-2H3,(H,26,28)/b25-16-/t17-/m0/s1. The number of nitrogens with one attached hydrogen (secondary N) is 1. The highest BCUT2D eigenvalue weighted by Crippen LogP contribution is 2.26. The molecule has 0 bridgehead atoms. The number of phenolic OH excluding ortho intramolecular Hbond substituents is 1. The van der Waals surface area contributed by atoms with E-state index in [-0.39, 0.29) is 11.7 Å². The molecule has 0 heterocycles. The minimum atomic E-state index is -0.719. The fourth-order valence-electron chi connectivity index (χ4n) is 2.76. The maximum atomic E-state index is 12.2. The quantitative estimate of drug-likeness (QED) is 0.431. The van der Waals surface area contributed by atoms with E-state index in [0.717, 1.165) is 11.1 Å². The largest absolute Gasteiger partial charge is 0.504 e. The van der Waals surface area contributed by atoms with Gasteiger partial charge in [-0.1, -0.05) is 42.5 Å². The summed E-state index contributed by atoms with van der Waals surface area (Å²) in [7, 11) is 0. The first-order valence-corrected chi connectivity index (χ1v) is 9.67. The van der Waals surface area contributed by atoms with Crippen LogP contribution in [0.15, 0.2) is 77.9 Å². The van der Waals surface area contributed by atoms with Crippen molar-refractivity contribution < 1.29 is 19.4 Å². The Morgan fingerprint density at radius 3 is 2.47 bits per heavy atom. The van der Waals surface area contributed by atoms with E-state index in [1.807, 2.05) is 61.5 Å². The Morgan fingerprint density at radius 1 is 1.07 bits per heavy atom. The molecule has 30 heavy (non-hydrogen) atoms. The fourth-order valence-corrected chi connectivity index (χ4v) is 2.76. The molecule has 0 unspecified atom stereocenters. The van der Waals surface area contributed by atoms with Crippen molar-refractivity contribution in [2.24, 2.45) is 5.10 Å². The second-order valence-electron chi connectivity index (χ2n) is 6.54. The molecule has 2 N–H and O–H groups in total. The molecule has 3 rings (SSSR count). The highest BCUT2D eigenvalue weighted by Gasteiger charge is 2.14. The van der Waals surface area contributed by atoms with Crippen LogP contribution in [0.3, 0.4) is 0 Å². The van der Waals surface area contributed by atoms with E-state index >= 15 is 0 Å². The van der Waals surface area contributed by atoms with Gasteiger partial charge in [0.1, 0.15) is 5.75 Å². The number of benzene rings is 3. The minimum Gasteiger partial charge on any atom is -0.504 e. The van der Waals surface area contributed by atoms with Crippen molar-refractivity contribution in [2.45, 2.75) is 20.0 Å². The smallest absolute Gasteiger partial charge is 0.280 e. The molecule has 6 heteroatoms.